The smallest absolute Gasteiger partial charge is 0.237 e. The lowest BCUT2D eigenvalue weighted by Crippen LogP contribution is -2.51. The van der Waals surface area contributed by atoms with Gasteiger partial charge in [0.15, 0.2) is 0 Å². The molecule has 1 aromatic carbocycles. The number of amides is 1. The molecule has 17 heavy (non-hydrogen) atoms. The molecule has 3 nitrogen and oxygen atoms in total. The highest BCUT2D eigenvalue weighted by molar-refractivity contribution is 6.31. The minimum Gasteiger partial charge on any atom is -0.368 e. The number of rotatable bonds is 4. The Morgan fingerprint density at radius 2 is 2.24 bits per heavy atom. The molecule has 1 aliphatic rings. The largest absolute Gasteiger partial charge is 0.368 e. The summed E-state index contributed by atoms with van der Waals surface area (Å²) in [6.07, 6.45) is 3.32. The van der Waals surface area contributed by atoms with Crippen molar-refractivity contribution in [1.82, 2.24) is 5.32 Å². The topological polar surface area (TPSA) is 55.1 Å². The summed E-state index contributed by atoms with van der Waals surface area (Å²) in [4.78, 5) is 11.6. The van der Waals surface area contributed by atoms with E-state index in [4.69, 9.17) is 17.3 Å². The third-order valence-corrected chi connectivity index (χ3v) is 3.86. The van der Waals surface area contributed by atoms with Crippen LogP contribution >= 0.6 is 11.6 Å². The zero-order valence-electron chi connectivity index (χ0n) is 9.71. The summed E-state index contributed by atoms with van der Waals surface area (Å²) in [6.45, 7) is 0.867. The highest BCUT2D eigenvalue weighted by atomic mass is 35.5. The molecule has 4 heteroatoms. The van der Waals surface area contributed by atoms with Gasteiger partial charge in [-0.25, -0.2) is 0 Å². The van der Waals surface area contributed by atoms with Crippen molar-refractivity contribution in [2.24, 2.45) is 5.73 Å². The number of hydrogen-bond donors (Lipinski definition) is 2. The second-order valence-electron chi connectivity index (χ2n) is 4.57. The van der Waals surface area contributed by atoms with Crippen LogP contribution in [0.4, 0.5) is 0 Å². The second kappa shape index (κ2) is 5.07. The molecule has 0 aromatic heterocycles. The quantitative estimate of drug-likeness (QED) is 0.860. The molecular weight excluding hydrogens is 236 g/mol. The maximum atomic E-state index is 11.6. The third kappa shape index (κ3) is 2.61. The monoisotopic (exact) mass is 252 g/mol. The Bertz CT molecular complexity index is 414. The third-order valence-electron chi connectivity index (χ3n) is 3.49. The molecule has 0 aliphatic carbocycles. The maximum Gasteiger partial charge on any atom is 0.237 e. The molecule has 1 heterocycles. The summed E-state index contributed by atoms with van der Waals surface area (Å²) in [5, 5.41) is 4.00. The van der Waals surface area contributed by atoms with Gasteiger partial charge in [0.2, 0.25) is 5.91 Å². The standard InChI is InChI=1S/C13H17ClN2O/c14-11-5-2-1-4-10(11)6-8-13(12(15)17)7-3-9-16-13/h1-2,4-5,16H,3,6-9H2,(H2,15,17). The summed E-state index contributed by atoms with van der Waals surface area (Å²) in [7, 11) is 0. The van der Waals surface area contributed by atoms with E-state index in [1.54, 1.807) is 0 Å². The molecule has 3 N–H and O–H groups in total. The van der Waals surface area contributed by atoms with Gasteiger partial charge in [-0.3, -0.25) is 4.79 Å². The van der Waals surface area contributed by atoms with Gasteiger partial charge in [-0.2, -0.15) is 0 Å². The SMILES string of the molecule is NC(=O)C1(CCc2ccccc2Cl)CCCN1. The first-order valence-electron chi connectivity index (χ1n) is 5.92. The number of primary amides is 1. The van der Waals surface area contributed by atoms with Crippen molar-refractivity contribution in [1.29, 1.82) is 0 Å². The predicted molar refractivity (Wildman–Crippen MR) is 68.9 cm³/mol. The molecule has 1 fully saturated rings. The first-order valence-corrected chi connectivity index (χ1v) is 6.30. The fourth-order valence-electron chi connectivity index (χ4n) is 2.40. The molecule has 0 radical (unpaired) electrons. The Labute approximate surface area is 106 Å². The van der Waals surface area contributed by atoms with Crippen molar-refractivity contribution in [3.05, 3.63) is 34.9 Å². The van der Waals surface area contributed by atoms with E-state index < -0.39 is 5.54 Å². The highest BCUT2D eigenvalue weighted by Crippen LogP contribution is 2.26. The lowest BCUT2D eigenvalue weighted by molar-refractivity contribution is -0.124. The van der Waals surface area contributed by atoms with Crippen LogP contribution in [0.1, 0.15) is 24.8 Å². The van der Waals surface area contributed by atoms with Gasteiger partial charge in [-0.15, -0.1) is 0 Å². The number of halogens is 1. The number of nitrogens with one attached hydrogen (secondary N) is 1. The molecule has 1 amide bonds. The van der Waals surface area contributed by atoms with Gasteiger partial charge in [-0.1, -0.05) is 29.8 Å². The van der Waals surface area contributed by atoms with Crippen molar-refractivity contribution < 1.29 is 4.79 Å². The Morgan fingerprint density at radius 3 is 2.82 bits per heavy atom. The van der Waals surface area contributed by atoms with Gasteiger partial charge in [0.1, 0.15) is 0 Å². The van der Waals surface area contributed by atoms with Crippen LogP contribution < -0.4 is 11.1 Å². The van der Waals surface area contributed by atoms with Crippen LogP contribution in [-0.2, 0) is 11.2 Å². The fraction of sp³-hybridized carbons (Fsp3) is 0.462. The number of carbonyl (C=O) groups is 1. The average molecular weight is 253 g/mol. The number of nitrogens with two attached hydrogens (primary N) is 1. The Balaban J connectivity index is 2.06. The summed E-state index contributed by atoms with van der Waals surface area (Å²) in [6, 6.07) is 7.73. The van der Waals surface area contributed by atoms with Crippen LogP contribution in [0.5, 0.6) is 0 Å². The highest BCUT2D eigenvalue weighted by Gasteiger charge is 2.38. The first kappa shape index (κ1) is 12.4. The molecule has 1 aromatic rings. The lowest BCUT2D eigenvalue weighted by atomic mass is 9.89. The second-order valence-corrected chi connectivity index (χ2v) is 4.98. The first-order chi connectivity index (χ1) is 8.14. The molecule has 1 aliphatic heterocycles. The van der Waals surface area contributed by atoms with Gasteiger partial charge in [0.05, 0.1) is 5.54 Å². The number of hydrogen-bond acceptors (Lipinski definition) is 2. The Kier molecular flexibility index (Phi) is 3.69. The van der Waals surface area contributed by atoms with Crippen molar-refractivity contribution >= 4 is 17.5 Å². The van der Waals surface area contributed by atoms with Crippen molar-refractivity contribution in [3.63, 3.8) is 0 Å². The molecule has 1 atom stereocenters. The molecule has 1 unspecified atom stereocenters. The molecule has 2 rings (SSSR count). The summed E-state index contributed by atoms with van der Waals surface area (Å²) < 4.78 is 0. The van der Waals surface area contributed by atoms with Gasteiger partial charge >= 0.3 is 0 Å². The number of aryl methyl sites for hydroxylation is 1. The molecule has 0 saturated carbocycles. The normalized spacial score (nSPS) is 23.8. The maximum absolute atomic E-state index is 11.6. The molecular formula is C13H17ClN2O. The van der Waals surface area contributed by atoms with E-state index in [1.165, 1.54) is 0 Å². The van der Waals surface area contributed by atoms with Crippen molar-refractivity contribution in [2.75, 3.05) is 6.54 Å². The fourth-order valence-corrected chi connectivity index (χ4v) is 2.63. The average Bonchev–Trinajstić information content (AvgIpc) is 2.78. The van der Waals surface area contributed by atoms with Crippen LogP contribution in [0, 0.1) is 0 Å². The Hall–Kier alpha value is -1.06. The molecule has 92 valence electrons. The van der Waals surface area contributed by atoms with Crippen LogP contribution in [-0.4, -0.2) is 18.0 Å². The molecule has 0 bridgehead atoms. The minimum absolute atomic E-state index is 0.248. The summed E-state index contributed by atoms with van der Waals surface area (Å²) >= 11 is 6.10. The van der Waals surface area contributed by atoms with Gasteiger partial charge in [0, 0.05) is 5.02 Å². The van der Waals surface area contributed by atoms with Gasteiger partial charge < -0.3 is 11.1 Å². The number of benzene rings is 1. The van der Waals surface area contributed by atoms with Crippen LogP contribution in [0.3, 0.4) is 0 Å². The van der Waals surface area contributed by atoms with Crippen LogP contribution in [0.15, 0.2) is 24.3 Å². The lowest BCUT2D eigenvalue weighted by Gasteiger charge is -2.25. The van der Waals surface area contributed by atoms with E-state index >= 15 is 0 Å². The van der Waals surface area contributed by atoms with E-state index in [0.717, 1.165) is 36.4 Å². The zero-order chi connectivity index (χ0) is 12.3. The van der Waals surface area contributed by atoms with Gasteiger partial charge in [0.25, 0.3) is 0 Å². The van der Waals surface area contributed by atoms with E-state index in [-0.39, 0.29) is 5.91 Å². The minimum atomic E-state index is -0.529. The predicted octanol–water partition coefficient (Wildman–Crippen LogP) is 1.88. The summed E-state index contributed by atoms with van der Waals surface area (Å²) in [5.41, 5.74) is 6.04. The summed E-state index contributed by atoms with van der Waals surface area (Å²) in [5.74, 6) is -0.248. The van der Waals surface area contributed by atoms with Crippen LogP contribution in [0.25, 0.3) is 0 Å². The van der Waals surface area contributed by atoms with E-state index in [9.17, 15) is 4.79 Å². The zero-order valence-corrected chi connectivity index (χ0v) is 10.5. The molecule has 0 spiro atoms. The van der Waals surface area contributed by atoms with E-state index in [1.807, 2.05) is 24.3 Å². The van der Waals surface area contributed by atoms with E-state index in [2.05, 4.69) is 5.32 Å². The van der Waals surface area contributed by atoms with Crippen molar-refractivity contribution in [3.8, 4) is 0 Å². The molecule has 1 saturated heterocycles. The van der Waals surface area contributed by atoms with Gasteiger partial charge in [-0.05, 0) is 43.9 Å². The Morgan fingerprint density at radius 1 is 1.47 bits per heavy atom. The van der Waals surface area contributed by atoms with E-state index in [0.29, 0.717) is 6.42 Å². The number of carbonyl (C=O) groups excluding carboxylic acids is 1. The van der Waals surface area contributed by atoms with Crippen molar-refractivity contribution in [2.45, 2.75) is 31.2 Å². The van der Waals surface area contributed by atoms with Crippen LogP contribution in [0.2, 0.25) is 5.02 Å².